The Morgan fingerprint density at radius 2 is 1.11 bits per heavy atom. The third kappa shape index (κ3) is 12.1. The molecule has 0 aromatic heterocycles. The fourth-order valence-corrected chi connectivity index (χ4v) is 3.71. The molecular formula is C20H30O6Zn. The molecule has 2 atom stereocenters. The van der Waals surface area contributed by atoms with Crippen molar-refractivity contribution < 1.29 is 48.9 Å². The van der Waals surface area contributed by atoms with Gasteiger partial charge in [0.2, 0.25) is 0 Å². The van der Waals surface area contributed by atoms with E-state index in [0.717, 1.165) is 51.4 Å². The number of carbonyl (C=O) groups is 4. The Morgan fingerprint density at radius 3 is 1.41 bits per heavy atom. The van der Waals surface area contributed by atoms with Gasteiger partial charge in [0.05, 0.1) is 0 Å². The molecule has 0 radical (unpaired) electrons. The fraction of sp³-hybridized carbons (Fsp3) is 0.800. The van der Waals surface area contributed by atoms with Crippen LogP contribution in [0.25, 0.3) is 0 Å². The average molecular weight is 432 g/mol. The number of carbonyl (C=O) groups excluding carboxylic acids is 4. The first-order valence-electron chi connectivity index (χ1n) is 9.85. The molecule has 27 heavy (non-hydrogen) atoms. The van der Waals surface area contributed by atoms with Crippen molar-refractivity contribution in [1.29, 1.82) is 0 Å². The van der Waals surface area contributed by atoms with E-state index in [1.807, 2.05) is 0 Å². The molecule has 0 spiro atoms. The van der Waals surface area contributed by atoms with E-state index in [2.05, 4.69) is 0 Å². The Hall–Kier alpha value is -1.10. The number of carboxylic acids is 2. The van der Waals surface area contributed by atoms with Crippen LogP contribution in [-0.2, 0) is 38.7 Å². The van der Waals surface area contributed by atoms with Crippen molar-refractivity contribution in [2.75, 3.05) is 0 Å². The summed E-state index contributed by atoms with van der Waals surface area (Å²) in [5.41, 5.74) is 0. The molecule has 0 N–H and O–H groups in total. The van der Waals surface area contributed by atoms with Gasteiger partial charge in [-0.1, -0.05) is 12.8 Å². The maximum atomic E-state index is 11.3. The molecule has 0 aliphatic heterocycles. The number of hydrogen-bond acceptors (Lipinski definition) is 6. The molecule has 6 nitrogen and oxygen atoms in total. The first kappa shape index (κ1) is 25.9. The number of aliphatic carboxylic acids is 2. The smallest absolute Gasteiger partial charge is 0.550 e. The number of carboxylic acid groups (broad SMARTS) is 2. The number of rotatable bonds is 8. The van der Waals surface area contributed by atoms with Crippen LogP contribution < -0.4 is 10.2 Å². The van der Waals surface area contributed by atoms with E-state index in [0.29, 0.717) is 37.2 Å². The van der Waals surface area contributed by atoms with Crippen LogP contribution in [-0.4, -0.2) is 23.5 Å². The van der Waals surface area contributed by atoms with Crippen LogP contribution in [0.15, 0.2) is 0 Å². The summed E-state index contributed by atoms with van der Waals surface area (Å²) in [5.74, 6) is -1.11. The molecule has 0 heterocycles. The van der Waals surface area contributed by atoms with E-state index in [9.17, 15) is 29.4 Å². The summed E-state index contributed by atoms with van der Waals surface area (Å²) in [6.07, 6.45) is 10.3. The molecule has 2 unspecified atom stereocenters. The first-order chi connectivity index (χ1) is 12.4. The van der Waals surface area contributed by atoms with Gasteiger partial charge >= 0.3 is 19.5 Å². The number of ketones is 2. The summed E-state index contributed by atoms with van der Waals surface area (Å²) in [4.78, 5) is 42.9. The molecule has 2 aliphatic carbocycles. The van der Waals surface area contributed by atoms with Crippen molar-refractivity contribution in [3.05, 3.63) is 0 Å². The SMILES string of the molecule is O=C([O-])CCCC1CCCCC1=O.O=C([O-])CCCC1CCCCC1=O.[Zn+2]. The van der Waals surface area contributed by atoms with Crippen LogP contribution in [0.2, 0.25) is 0 Å². The minimum atomic E-state index is -1.01. The van der Waals surface area contributed by atoms with Gasteiger partial charge in [0, 0.05) is 36.6 Å². The summed E-state index contributed by atoms with van der Waals surface area (Å²) in [6.45, 7) is 0. The van der Waals surface area contributed by atoms with E-state index in [1.165, 1.54) is 0 Å². The van der Waals surface area contributed by atoms with Gasteiger partial charge in [-0.15, -0.1) is 0 Å². The minimum Gasteiger partial charge on any atom is -0.550 e. The molecule has 2 fully saturated rings. The van der Waals surface area contributed by atoms with Crippen LogP contribution >= 0.6 is 0 Å². The largest absolute Gasteiger partial charge is 2.00 e. The summed E-state index contributed by atoms with van der Waals surface area (Å²) in [5, 5.41) is 20.3. The summed E-state index contributed by atoms with van der Waals surface area (Å²) >= 11 is 0. The first-order valence-corrected chi connectivity index (χ1v) is 9.85. The predicted molar refractivity (Wildman–Crippen MR) is 91.6 cm³/mol. The van der Waals surface area contributed by atoms with Crippen molar-refractivity contribution in [3.8, 4) is 0 Å². The molecule has 2 rings (SSSR count). The van der Waals surface area contributed by atoms with Gasteiger partial charge in [0.1, 0.15) is 11.6 Å². The van der Waals surface area contributed by atoms with E-state index in [4.69, 9.17) is 0 Å². The second-order valence-electron chi connectivity index (χ2n) is 7.35. The molecule has 0 aromatic rings. The summed E-state index contributed by atoms with van der Waals surface area (Å²) in [7, 11) is 0. The molecule has 0 amide bonds. The summed E-state index contributed by atoms with van der Waals surface area (Å²) < 4.78 is 0. The predicted octanol–water partition coefficient (Wildman–Crippen LogP) is 1.33. The van der Waals surface area contributed by atoms with Gasteiger partial charge in [-0.25, -0.2) is 0 Å². The molecule has 2 aliphatic rings. The van der Waals surface area contributed by atoms with Crippen LogP contribution in [0, 0.1) is 11.8 Å². The van der Waals surface area contributed by atoms with Gasteiger partial charge in [0.25, 0.3) is 0 Å². The van der Waals surface area contributed by atoms with E-state index < -0.39 is 11.9 Å². The van der Waals surface area contributed by atoms with Crippen molar-refractivity contribution in [2.24, 2.45) is 11.8 Å². The zero-order valence-electron chi connectivity index (χ0n) is 16.2. The Bertz CT molecular complexity index is 447. The molecule has 0 saturated heterocycles. The number of Topliss-reactive ketones (excluding diaryl/α,β-unsaturated/α-hetero) is 2. The molecule has 0 bridgehead atoms. The zero-order valence-corrected chi connectivity index (χ0v) is 19.2. The summed E-state index contributed by atoms with van der Waals surface area (Å²) in [6, 6.07) is 0. The Balaban J connectivity index is 0.000000483. The molecular weight excluding hydrogens is 402 g/mol. The molecule has 7 heteroatoms. The second kappa shape index (κ2) is 14.9. The van der Waals surface area contributed by atoms with Crippen LogP contribution in [0.1, 0.15) is 89.9 Å². The van der Waals surface area contributed by atoms with E-state index >= 15 is 0 Å². The second-order valence-corrected chi connectivity index (χ2v) is 7.35. The Kier molecular flexibility index (Phi) is 14.3. The normalized spacial score (nSPS) is 22.2. The van der Waals surface area contributed by atoms with Gasteiger partial charge < -0.3 is 19.8 Å². The third-order valence-corrected chi connectivity index (χ3v) is 5.23. The topological polar surface area (TPSA) is 114 Å². The van der Waals surface area contributed by atoms with E-state index in [1.54, 1.807) is 0 Å². The third-order valence-electron chi connectivity index (χ3n) is 5.23. The number of hydrogen-bond donors (Lipinski definition) is 0. The van der Waals surface area contributed by atoms with Gasteiger partial charge in [-0.3, -0.25) is 9.59 Å². The van der Waals surface area contributed by atoms with Crippen LogP contribution in [0.4, 0.5) is 0 Å². The quantitative estimate of drug-likeness (QED) is 0.535. The average Bonchev–Trinajstić information content (AvgIpc) is 2.58. The standard InChI is InChI=1S/2C10H16O3.Zn/c2*11-9-6-2-1-4-8(9)5-3-7-10(12)13;/h2*8H,1-7H2,(H,12,13);/q;;+2/p-2. The Morgan fingerprint density at radius 1 is 0.741 bits per heavy atom. The maximum absolute atomic E-state index is 11.3. The monoisotopic (exact) mass is 430 g/mol. The molecule has 2 saturated carbocycles. The van der Waals surface area contributed by atoms with E-state index in [-0.39, 0.29) is 44.2 Å². The molecule has 148 valence electrons. The fourth-order valence-electron chi connectivity index (χ4n) is 3.71. The van der Waals surface area contributed by atoms with Crippen molar-refractivity contribution in [1.82, 2.24) is 0 Å². The Labute approximate surface area is 174 Å². The van der Waals surface area contributed by atoms with Gasteiger partial charge in [0.15, 0.2) is 0 Å². The zero-order chi connectivity index (χ0) is 19.4. The molecule has 0 aromatic carbocycles. The van der Waals surface area contributed by atoms with Crippen molar-refractivity contribution >= 4 is 23.5 Å². The van der Waals surface area contributed by atoms with Gasteiger partial charge in [-0.2, -0.15) is 0 Å². The van der Waals surface area contributed by atoms with Crippen molar-refractivity contribution in [2.45, 2.75) is 89.9 Å². The van der Waals surface area contributed by atoms with Crippen molar-refractivity contribution in [3.63, 3.8) is 0 Å². The maximum Gasteiger partial charge on any atom is 2.00 e. The van der Waals surface area contributed by atoms with Crippen LogP contribution in [0.3, 0.4) is 0 Å². The van der Waals surface area contributed by atoms with Crippen LogP contribution in [0.5, 0.6) is 0 Å². The van der Waals surface area contributed by atoms with Gasteiger partial charge in [-0.05, 0) is 64.2 Å². The minimum absolute atomic E-state index is 0.